The number of rotatable bonds is 6. The lowest BCUT2D eigenvalue weighted by atomic mass is 10.2. The van der Waals surface area contributed by atoms with Crippen LogP contribution in [0.2, 0.25) is 0 Å². The van der Waals surface area contributed by atoms with Gasteiger partial charge in [0.1, 0.15) is 5.69 Å². The number of nitro groups is 1. The summed E-state index contributed by atoms with van der Waals surface area (Å²) >= 11 is 0. The maximum absolute atomic E-state index is 11.7. The van der Waals surface area contributed by atoms with Crippen LogP contribution in [0.3, 0.4) is 0 Å². The van der Waals surface area contributed by atoms with Gasteiger partial charge in [-0.1, -0.05) is 0 Å². The van der Waals surface area contributed by atoms with Crippen molar-refractivity contribution in [1.29, 1.82) is 0 Å². The molecular weight excluding hydrogens is 266 g/mol. The number of nitrogens with one attached hydrogen (secondary N) is 1. The molecule has 0 unspecified atom stereocenters. The third-order valence-electron chi connectivity index (χ3n) is 2.82. The van der Waals surface area contributed by atoms with Crippen LogP contribution < -0.4 is 20.5 Å². The van der Waals surface area contributed by atoms with Gasteiger partial charge in [-0.3, -0.25) is 14.9 Å². The van der Waals surface area contributed by atoms with Crippen molar-refractivity contribution in [3.05, 3.63) is 22.2 Å². The van der Waals surface area contributed by atoms with Crippen LogP contribution in [0.25, 0.3) is 0 Å². The number of hydrogen-bond acceptors (Lipinski definition) is 6. The van der Waals surface area contributed by atoms with Crippen LogP contribution in [0.5, 0.6) is 11.5 Å². The summed E-state index contributed by atoms with van der Waals surface area (Å²) in [7, 11) is 0. The molecule has 1 aliphatic rings. The van der Waals surface area contributed by atoms with Crippen LogP contribution in [0.1, 0.15) is 19.3 Å². The van der Waals surface area contributed by atoms with Crippen LogP contribution in [0.15, 0.2) is 12.1 Å². The summed E-state index contributed by atoms with van der Waals surface area (Å²) < 4.78 is 10.2. The Balaban J connectivity index is 2.13. The Kier molecular flexibility index (Phi) is 4.36. The summed E-state index contributed by atoms with van der Waals surface area (Å²) in [5.41, 5.74) is 5.23. The molecule has 0 saturated heterocycles. The van der Waals surface area contributed by atoms with Crippen molar-refractivity contribution < 1.29 is 19.2 Å². The summed E-state index contributed by atoms with van der Waals surface area (Å²) in [6, 6.07) is 2.65. The molecule has 20 heavy (non-hydrogen) atoms. The number of carbonyl (C=O) groups excluding carboxylic acids is 1. The van der Waals surface area contributed by atoms with Crippen LogP contribution in [0.4, 0.5) is 11.4 Å². The van der Waals surface area contributed by atoms with Crippen molar-refractivity contribution in [1.82, 2.24) is 0 Å². The van der Waals surface area contributed by atoms with Crippen molar-refractivity contribution >= 4 is 17.3 Å². The smallest absolute Gasteiger partial charge is 0.296 e. The molecule has 0 bridgehead atoms. The molecule has 8 nitrogen and oxygen atoms in total. The molecule has 1 heterocycles. The summed E-state index contributed by atoms with van der Waals surface area (Å²) in [5.74, 6) is 0.395. The summed E-state index contributed by atoms with van der Waals surface area (Å²) in [6.07, 6.45) is 1.64. The first-order valence-corrected chi connectivity index (χ1v) is 6.19. The molecule has 2 rings (SSSR count). The van der Waals surface area contributed by atoms with Crippen LogP contribution >= 0.6 is 0 Å². The highest BCUT2D eigenvalue weighted by Gasteiger charge is 2.24. The van der Waals surface area contributed by atoms with E-state index in [0.29, 0.717) is 24.5 Å². The monoisotopic (exact) mass is 281 g/mol. The van der Waals surface area contributed by atoms with Crippen molar-refractivity contribution in [2.24, 2.45) is 5.73 Å². The lowest BCUT2D eigenvalue weighted by Crippen LogP contribution is -2.13. The molecule has 0 aromatic heterocycles. The molecule has 0 spiro atoms. The molecule has 1 amide bonds. The topological polar surface area (TPSA) is 117 Å². The van der Waals surface area contributed by atoms with E-state index >= 15 is 0 Å². The summed E-state index contributed by atoms with van der Waals surface area (Å²) in [6.45, 7) is 0.526. The van der Waals surface area contributed by atoms with Gasteiger partial charge in [-0.25, -0.2) is 0 Å². The minimum atomic E-state index is -0.572. The second-order valence-corrected chi connectivity index (χ2v) is 4.27. The fraction of sp³-hybridized carbons (Fsp3) is 0.417. The lowest BCUT2D eigenvalue weighted by molar-refractivity contribution is -0.384. The third kappa shape index (κ3) is 3.15. The van der Waals surface area contributed by atoms with Gasteiger partial charge in [0.2, 0.25) is 12.7 Å². The fourth-order valence-corrected chi connectivity index (χ4v) is 1.83. The molecule has 1 aromatic rings. The van der Waals surface area contributed by atoms with Crippen molar-refractivity contribution in [3.8, 4) is 11.5 Å². The van der Waals surface area contributed by atoms with E-state index in [1.807, 2.05) is 0 Å². The highest BCUT2D eigenvalue weighted by atomic mass is 16.7. The number of nitro benzene ring substituents is 1. The molecule has 1 aromatic carbocycles. The number of amides is 1. The molecule has 0 saturated carbocycles. The van der Waals surface area contributed by atoms with Gasteiger partial charge < -0.3 is 20.5 Å². The first-order chi connectivity index (χ1) is 9.61. The number of nitrogens with two attached hydrogens (primary N) is 1. The standard InChI is InChI=1S/C12H15N3O5/c13-4-2-1-3-12(16)14-8-5-10-11(20-7-19-10)6-9(8)15(17)18/h5-6H,1-4,7,13H2,(H,14,16). The van der Waals surface area contributed by atoms with E-state index in [2.05, 4.69) is 5.32 Å². The summed E-state index contributed by atoms with van der Waals surface area (Å²) in [5, 5.41) is 13.5. The van der Waals surface area contributed by atoms with Gasteiger partial charge in [0, 0.05) is 12.5 Å². The minimum Gasteiger partial charge on any atom is -0.454 e. The average molecular weight is 281 g/mol. The van der Waals surface area contributed by atoms with Gasteiger partial charge in [0.15, 0.2) is 11.5 Å². The third-order valence-corrected chi connectivity index (χ3v) is 2.82. The first kappa shape index (κ1) is 14.1. The number of benzene rings is 1. The number of anilines is 1. The molecule has 108 valence electrons. The highest BCUT2D eigenvalue weighted by Crippen LogP contribution is 2.40. The zero-order valence-electron chi connectivity index (χ0n) is 10.8. The van der Waals surface area contributed by atoms with Crippen molar-refractivity contribution in [3.63, 3.8) is 0 Å². The Bertz CT molecular complexity index is 532. The van der Waals surface area contributed by atoms with E-state index in [1.54, 1.807) is 0 Å². The Morgan fingerprint density at radius 1 is 1.35 bits per heavy atom. The predicted molar refractivity (Wildman–Crippen MR) is 70.8 cm³/mol. The van der Waals surface area contributed by atoms with Crippen LogP contribution in [0, 0.1) is 10.1 Å². The quantitative estimate of drug-likeness (QED) is 0.462. The number of fused-ring (bicyclic) bond motifs is 1. The normalized spacial score (nSPS) is 12.2. The maximum Gasteiger partial charge on any atom is 0.296 e. The lowest BCUT2D eigenvalue weighted by Gasteiger charge is -2.07. The Hall–Kier alpha value is -2.35. The van der Waals surface area contributed by atoms with E-state index in [-0.39, 0.29) is 30.5 Å². The number of nitrogens with zero attached hydrogens (tertiary/aromatic N) is 1. The maximum atomic E-state index is 11.7. The Morgan fingerprint density at radius 2 is 2.05 bits per heavy atom. The first-order valence-electron chi connectivity index (χ1n) is 6.19. The summed E-state index contributed by atoms with van der Waals surface area (Å²) in [4.78, 5) is 22.1. The predicted octanol–water partition coefficient (Wildman–Crippen LogP) is 1.39. The average Bonchev–Trinajstić information content (AvgIpc) is 2.85. The van der Waals surface area contributed by atoms with Gasteiger partial charge in [-0.15, -0.1) is 0 Å². The number of carbonyl (C=O) groups is 1. The molecule has 0 radical (unpaired) electrons. The molecule has 0 aliphatic carbocycles. The zero-order chi connectivity index (χ0) is 14.5. The van der Waals surface area contributed by atoms with E-state index in [4.69, 9.17) is 15.2 Å². The van der Waals surface area contributed by atoms with Gasteiger partial charge in [0.25, 0.3) is 5.69 Å². The van der Waals surface area contributed by atoms with Crippen molar-refractivity contribution in [2.75, 3.05) is 18.7 Å². The van der Waals surface area contributed by atoms with Crippen LogP contribution in [-0.4, -0.2) is 24.2 Å². The Morgan fingerprint density at radius 3 is 2.70 bits per heavy atom. The van der Waals surface area contributed by atoms with E-state index < -0.39 is 4.92 Å². The molecule has 1 aliphatic heterocycles. The van der Waals surface area contributed by atoms with Gasteiger partial charge in [-0.05, 0) is 19.4 Å². The van der Waals surface area contributed by atoms with E-state index in [1.165, 1.54) is 12.1 Å². The van der Waals surface area contributed by atoms with Crippen molar-refractivity contribution in [2.45, 2.75) is 19.3 Å². The van der Waals surface area contributed by atoms with Crippen LogP contribution in [-0.2, 0) is 4.79 Å². The molecule has 0 fully saturated rings. The van der Waals surface area contributed by atoms with Gasteiger partial charge in [-0.2, -0.15) is 0 Å². The molecule has 8 heteroatoms. The highest BCUT2D eigenvalue weighted by molar-refractivity contribution is 5.93. The Labute approximate surface area is 115 Å². The van der Waals surface area contributed by atoms with Gasteiger partial charge >= 0.3 is 0 Å². The second kappa shape index (κ2) is 6.20. The zero-order valence-corrected chi connectivity index (χ0v) is 10.8. The number of unbranched alkanes of at least 4 members (excludes halogenated alkanes) is 1. The SMILES string of the molecule is NCCCCC(=O)Nc1cc2c(cc1[N+](=O)[O-])OCO2. The largest absolute Gasteiger partial charge is 0.454 e. The number of ether oxygens (including phenoxy) is 2. The minimum absolute atomic E-state index is 0.0143. The second-order valence-electron chi connectivity index (χ2n) is 4.27. The van der Waals surface area contributed by atoms with E-state index in [9.17, 15) is 14.9 Å². The molecular formula is C12H15N3O5. The van der Waals surface area contributed by atoms with E-state index in [0.717, 1.165) is 6.42 Å². The molecule has 3 N–H and O–H groups in total. The fourth-order valence-electron chi connectivity index (χ4n) is 1.83. The molecule has 0 atom stereocenters. The van der Waals surface area contributed by atoms with Gasteiger partial charge in [0.05, 0.1) is 11.0 Å². The number of hydrogen-bond donors (Lipinski definition) is 2.